The molecule has 154 valence electrons. The van der Waals surface area contributed by atoms with Crippen molar-refractivity contribution in [2.75, 3.05) is 20.7 Å². The van der Waals surface area contributed by atoms with Crippen molar-refractivity contribution in [3.63, 3.8) is 0 Å². The number of carbonyl (C=O) groups excluding carboxylic acids is 2. The topological polar surface area (TPSA) is 74.2 Å². The van der Waals surface area contributed by atoms with Crippen molar-refractivity contribution in [3.8, 4) is 5.75 Å². The third kappa shape index (κ3) is 4.76. The van der Waals surface area contributed by atoms with E-state index in [2.05, 4.69) is 10.4 Å². The Morgan fingerprint density at radius 2 is 2.07 bits per heavy atom. The van der Waals surface area contributed by atoms with Crippen LogP contribution >= 0.6 is 11.3 Å². The summed E-state index contributed by atoms with van der Waals surface area (Å²) in [6, 6.07) is 11.0. The maximum absolute atomic E-state index is 13.1. The summed E-state index contributed by atoms with van der Waals surface area (Å²) < 4.78 is 5.51. The fourth-order valence-electron chi connectivity index (χ4n) is 3.22. The highest BCUT2D eigenvalue weighted by atomic mass is 32.1. The van der Waals surface area contributed by atoms with E-state index in [4.69, 9.17) is 4.74 Å². The lowest BCUT2D eigenvalue weighted by Gasteiger charge is -2.26. The Kier molecular flexibility index (Phi) is 6.53. The Hall–Kier alpha value is -2.87. The molecule has 0 saturated heterocycles. The molecule has 8 heteroatoms. The molecule has 3 amide bonds. The number of hydrogen-bond acceptors (Lipinski definition) is 5. The summed E-state index contributed by atoms with van der Waals surface area (Å²) >= 11 is 1.59. The lowest BCUT2D eigenvalue weighted by Crippen LogP contribution is -2.45. The number of nitrogens with one attached hydrogen (secondary N) is 1. The first-order valence-corrected chi connectivity index (χ1v) is 10.4. The predicted octanol–water partition coefficient (Wildman–Crippen LogP) is 3.48. The second kappa shape index (κ2) is 9.09. The summed E-state index contributed by atoms with van der Waals surface area (Å²) in [5.41, 5.74) is 1.76. The Morgan fingerprint density at radius 1 is 1.31 bits per heavy atom. The predicted molar refractivity (Wildman–Crippen MR) is 114 cm³/mol. The number of benzene rings is 1. The third-order valence-electron chi connectivity index (χ3n) is 4.60. The molecule has 1 atom stereocenters. The normalized spacial score (nSPS) is 16.0. The van der Waals surface area contributed by atoms with Crippen molar-refractivity contribution in [3.05, 3.63) is 52.2 Å². The molecule has 1 aliphatic heterocycles. The molecule has 0 fully saturated rings. The van der Waals surface area contributed by atoms with Crippen LogP contribution in [0.2, 0.25) is 0 Å². The number of hydrogen-bond donors (Lipinski definition) is 1. The molecular formula is C21H26N4O3S. The summed E-state index contributed by atoms with van der Waals surface area (Å²) in [5, 5.41) is 10.9. The molecular weight excluding hydrogens is 388 g/mol. The fraction of sp³-hybridized carbons (Fsp3) is 0.381. The van der Waals surface area contributed by atoms with Crippen LogP contribution in [0.1, 0.15) is 36.8 Å². The monoisotopic (exact) mass is 414 g/mol. The van der Waals surface area contributed by atoms with Gasteiger partial charge in [0, 0.05) is 25.1 Å². The highest BCUT2D eigenvalue weighted by Crippen LogP contribution is 2.37. The molecule has 0 bridgehead atoms. The van der Waals surface area contributed by atoms with Crippen LogP contribution in [-0.4, -0.2) is 54.3 Å². The number of ether oxygens (including phenoxy) is 1. The van der Waals surface area contributed by atoms with Crippen molar-refractivity contribution in [2.24, 2.45) is 5.10 Å². The van der Waals surface area contributed by atoms with Gasteiger partial charge in [0.25, 0.3) is 5.91 Å². The number of likely N-dealkylation sites (N-methyl/N-ethyl adjacent to an activating group) is 1. The Bertz CT molecular complexity index is 895. The zero-order chi connectivity index (χ0) is 21.0. The summed E-state index contributed by atoms with van der Waals surface area (Å²) in [5.74, 6) is 0.470. The van der Waals surface area contributed by atoms with Gasteiger partial charge in [-0.3, -0.25) is 4.79 Å². The average molecular weight is 415 g/mol. The summed E-state index contributed by atoms with van der Waals surface area (Å²) in [6.45, 7) is 3.69. The zero-order valence-corrected chi connectivity index (χ0v) is 17.9. The first kappa shape index (κ1) is 20.9. The van der Waals surface area contributed by atoms with Crippen LogP contribution in [0.4, 0.5) is 4.79 Å². The maximum atomic E-state index is 13.1. The molecule has 3 rings (SSSR count). The number of nitrogens with zero attached hydrogens (tertiary/aromatic N) is 3. The lowest BCUT2D eigenvalue weighted by molar-refractivity contribution is -0.133. The minimum atomic E-state index is -0.288. The van der Waals surface area contributed by atoms with Crippen molar-refractivity contribution < 1.29 is 14.3 Å². The van der Waals surface area contributed by atoms with Gasteiger partial charge in [0.1, 0.15) is 12.3 Å². The smallest absolute Gasteiger partial charge is 0.317 e. The van der Waals surface area contributed by atoms with Crippen molar-refractivity contribution in [1.29, 1.82) is 0 Å². The van der Waals surface area contributed by atoms with E-state index < -0.39 is 0 Å². The number of rotatable bonds is 6. The van der Waals surface area contributed by atoms with E-state index >= 15 is 0 Å². The molecule has 0 radical (unpaired) electrons. The van der Waals surface area contributed by atoms with Crippen LogP contribution in [0, 0.1) is 0 Å². The molecule has 2 aromatic rings. The van der Waals surface area contributed by atoms with E-state index in [-0.39, 0.29) is 30.6 Å². The van der Waals surface area contributed by atoms with Gasteiger partial charge in [-0.05, 0) is 31.4 Å². The van der Waals surface area contributed by atoms with Gasteiger partial charge in [-0.2, -0.15) is 5.10 Å². The molecule has 29 heavy (non-hydrogen) atoms. The van der Waals surface area contributed by atoms with E-state index in [1.165, 1.54) is 9.91 Å². The number of hydrazone groups is 1. The average Bonchev–Trinajstić information content (AvgIpc) is 3.37. The first-order chi connectivity index (χ1) is 13.9. The number of methoxy groups -OCH3 is 1. The van der Waals surface area contributed by atoms with E-state index in [1.807, 2.05) is 55.6 Å². The molecule has 0 saturated carbocycles. The Labute approximate surface area is 175 Å². The van der Waals surface area contributed by atoms with E-state index in [1.54, 1.807) is 25.5 Å². The van der Waals surface area contributed by atoms with Crippen LogP contribution in [0.5, 0.6) is 5.75 Å². The molecule has 1 aromatic carbocycles. The quantitative estimate of drug-likeness (QED) is 0.786. The maximum Gasteiger partial charge on any atom is 0.317 e. The number of urea groups is 1. The van der Waals surface area contributed by atoms with Crippen LogP contribution in [0.3, 0.4) is 0 Å². The fourth-order valence-corrected chi connectivity index (χ4v) is 3.94. The molecule has 0 spiro atoms. The molecule has 7 nitrogen and oxygen atoms in total. The zero-order valence-electron chi connectivity index (χ0n) is 17.1. The molecule has 1 aromatic heterocycles. The molecule has 0 aliphatic carbocycles. The third-order valence-corrected chi connectivity index (χ3v) is 5.52. The Morgan fingerprint density at radius 3 is 2.72 bits per heavy atom. The van der Waals surface area contributed by atoms with E-state index in [0.717, 1.165) is 16.2 Å². The minimum Gasteiger partial charge on any atom is -0.496 e. The van der Waals surface area contributed by atoms with Gasteiger partial charge in [-0.15, -0.1) is 11.3 Å². The van der Waals surface area contributed by atoms with Gasteiger partial charge in [0.15, 0.2) is 0 Å². The lowest BCUT2D eigenvalue weighted by atomic mass is 10.00. The van der Waals surface area contributed by atoms with Crippen LogP contribution in [0.25, 0.3) is 0 Å². The van der Waals surface area contributed by atoms with Gasteiger partial charge < -0.3 is 15.0 Å². The SMILES string of the molecule is COc1ccccc1[C@@H]1CC(c2cccs2)=NN1C(=O)CN(C)C(=O)NC(C)C. The standard InChI is InChI=1S/C21H26N4O3S/c1-14(2)22-21(27)24(3)13-20(26)25-17(15-8-5-6-9-18(15)28-4)12-16(23-25)19-10-7-11-29-19/h5-11,14,17H,12-13H2,1-4H3,(H,22,27)/t17-/m0/s1. The highest BCUT2D eigenvalue weighted by molar-refractivity contribution is 7.12. The van der Waals surface area contributed by atoms with Crippen molar-refractivity contribution in [1.82, 2.24) is 15.2 Å². The van der Waals surface area contributed by atoms with Gasteiger partial charge in [-0.25, -0.2) is 9.80 Å². The second-order valence-electron chi connectivity index (χ2n) is 7.18. The van der Waals surface area contributed by atoms with Gasteiger partial charge in [0.05, 0.1) is 23.7 Å². The van der Waals surface area contributed by atoms with Crippen molar-refractivity contribution in [2.45, 2.75) is 32.4 Å². The molecule has 1 aliphatic rings. The number of amides is 3. The Balaban J connectivity index is 1.86. The van der Waals surface area contributed by atoms with Crippen LogP contribution in [-0.2, 0) is 4.79 Å². The van der Waals surface area contributed by atoms with Gasteiger partial charge >= 0.3 is 6.03 Å². The van der Waals surface area contributed by atoms with E-state index in [0.29, 0.717) is 12.2 Å². The highest BCUT2D eigenvalue weighted by Gasteiger charge is 2.35. The summed E-state index contributed by atoms with van der Waals surface area (Å²) in [4.78, 5) is 27.7. The van der Waals surface area contributed by atoms with E-state index in [9.17, 15) is 9.59 Å². The number of thiophene rings is 1. The van der Waals surface area contributed by atoms with Gasteiger partial charge in [0.2, 0.25) is 0 Å². The molecule has 2 heterocycles. The van der Waals surface area contributed by atoms with Crippen LogP contribution < -0.4 is 10.1 Å². The van der Waals surface area contributed by atoms with Gasteiger partial charge in [-0.1, -0.05) is 24.3 Å². The number of carbonyl (C=O) groups is 2. The molecule has 1 N–H and O–H groups in total. The summed E-state index contributed by atoms with van der Waals surface area (Å²) in [7, 11) is 3.22. The minimum absolute atomic E-state index is 0.00313. The van der Waals surface area contributed by atoms with Crippen molar-refractivity contribution >= 4 is 29.0 Å². The number of para-hydroxylation sites is 1. The second-order valence-corrected chi connectivity index (χ2v) is 8.13. The first-order valence-electron chi connectivity index (χ1n) is 9.48. The molecule has 0 unspecified atom stereocenters. The van der Waals surface area contributed by atoms with Crippen LogP contribution in [0.15, 0.2) is 46.9 Å². The summed E-state index contributed by atoms with van der Waals surface area (Å²) in [6.07, 6.45) is 0.592. The largest absolute Gasteiger partial charge is 0.496 e.